The second-order valence-corrected chi connectivity index (χ2v) is 7.26. The van der Waals surface area contributed by atoms with Crippen LogP contribution in [0.15, 0.2) is 18.2 Å². The number of hydrogen-bond donors (Lipinski definition) is 2. The van der Waals surface area contributed by atoms with Crippen molar-refractivity contribution in [2.45, 2.75) is 12.5 Å². The Hall–Kier alpha value is -1.34. The predicted octanol–water partition coefficient (Wildman–Crippen LogP) is 1.19. The molecule has 2 N–H and O–H groups in total. The van der Waals surface area contributed by atoms with E-state index in [2.05, 4.69) is 10.6 Å². The third kappa shape index (κ3) is 3.83. The van der Waals surface area contributed by atoms with Crippen LogP contribution >= 0.6 is 11.6 Å². The van der Waals surface area contributed by atoms with Crippen molar-refractivity contribution in [2.75, 3.05) is 23.4 Å². The highest BCUT2D eigenvalue weighted by molar-refractivity contribution is 7.91. The molecule has 0 spiro atoms. The highest BCUT2D eigenvalue weighted by Gasteiger charge is 2.28. The Morgan fingerprint density at radius 3 is 2.85 bits per heavy atom. The van der Waals surface area contributed by atoms with E-state index in [1.807, 2.05) is 0 Å². The van der Waals surface area contributed by atoms with Gasteiger partial charge in [0.25, 0.3) is 0 Å². The summed E-state index contributed by atoms with van der Waals surface area (Å²) in [7, 11) is -3.03. The smallest absolute Gasteiger partial charge is 0.239 e. The van der Waals surface area contributed by atoms with Crippen molar-refractivity contribution in [3.8, 4) is 0 Å². The minimum atomic E-state index is -3.03. The van der Waals surface area contributed by atoms with E-state index >= 15 is 0 Å². The average molecular weight is 321 g/mol. The van der Waals surface area contributed by atoms with Gasteiger partial charge in [0.2, 0.25) is 5.91 Å². The van der Waals surface area contributed by atoms with Crippen LogP contribution in [0.1, 0.15) is 6.42 Å². The Bertz CT molecular complexity index is 621. The van der Waals surface area contributed by atoms with Gasteiger partial charge in [-0.2, -0.15) is 0 Å². The fourth-order valence-corrected chi connectivity index (χ4v) is 3.85. The fourth-order valence-electron chi connectivity index (χ4n) is 2.00. The van der Waals surface area contributed by atoms with Crippen LogP contribution in [0.5, 0.6) is 0 Å². The van der Waals surface area contributed by atoms with Gasteiger partial charge in [-0.05, 0) is 18.6 Å². The van der Waals surface area contributed by atoms with E-state index in [1.165, 1.54) is 12.1 Å². The van der Waals surface area contributed by atoms with Gasteiger partial charge >= 0.3 is 0 Å². The molecule has 0 bridgehead atoms. The lowest BCUT2D eigenvalue weighted by atomic mass is 10.2. The van der Waals surface area contributed by atoms with Crippen LogP contribution in [0.4, 0.5) is 10.1 Å². The standard InChI is InChI=1S/C12H14ClFN2O3S/c13-9-2-1-3-10(12(9)14)15-6-11(17)16-8-4-5-20(18,19)7-8/h1-3,8,15H,4-7H2,(H,16,17)/t8-/m0/s1. The first kappa shape index (κ1) is 15.1. The summed E-state index contributed by atoms with van der Waals surface area (Å²) in [5.41, 5.74) is 0.131. The van der Waals surface area contributed by atoms with Crippen LogP contribution in [-0.4, -0.2) is 38.4 Å². The fraction of sp³-hybridized carbons (Fsp3) is 0.417. The molecule has 1 amide bonds. The number of benzene rings is 1. The second-order valence-electron chi connectivity index (χ2n) is 4.62. The summed E-state index contributed by atoms with van der Waals surface area (Å²) in [6.45, 7) is -0.145. The summed E-state index contributed by atoms with van der Waals surface area (Å²) in [6, 6.07) is 4.08. The number of hydrogen-bond acceptors (Lipinski definition) is 4. The van der Waals surface area contributed by atoms with Gasteiger partial charge in [0.1, 0.15) is 0 Å². The minimum Gasteiger partial charge on any atom is -0.374 e. The molecule has 1 saturated heterocycles. The van der Waals surface area contributed by atoms with E-state index in [1.54, 1.807) is 6.07 Å². The first-order chi connectivity index (χ1) is 9.37. The molecular weight excluding hydrogens is 307 g/mol. The number of amides is 1. The van der Waals surface area contributed by atoms with Crippen molar-refractivity contribution < 1.29 is 17.6 Å². The minimum absolute atomic E-state index is 0.0303. The lowest BCUT2D eigenvalue weighted by Gasteiger charge is -2.12. The van der Waals surface area contributed by atoms with E-state index in [4.69, 9.17) is 11.6 Å². The molecule has 0 radical (unpaired) electrons. The molecule has 5 nitrogen and oxygen atoms in total. The Balaban J connectivity index is 1.85. The third-order valence-corrected chi connectivity index (χ3v) is 5.05. The van der Waals surface area contributed by atoms with Crippen molar-refractivity contribution in [3.05, 3.63) is 29.0 Å². The molecule has 1 heterocycles. The topological polar surface area (TPSA) is 75.3 Å². The molecule has 1 aromatic carbocycles. The van der Waals surface area contributed by atoms with Crippen LogP contribution in [0, 0.1) is 5.82 Å². The number of nitrogens with one attached hydrogen (secondary N) is 2. The van der Waals surface area contributed by atoms with Gasteiger partial charge in [0.05, 0.1) is 28.8 Å². The van der Waals surface area contributed by atoms with E-state index in [0.29, 0.717) is 6.42 Å². The largest absolute Gasteiger partial charge is 0.374 e. The summed E-state index contributed by atoms with van der Waals surface area (Å²) in [6.07, 6.45) is 0.416. The summed E-state index contributed by atoms with van der Waals surface area (Å²) >= 11 is 5.62. The molecule has 0 unspecified atom stereocenters. The van der Waals surface area contributed by atoms with Crippen molar-refractivity contribution in [2.24, 2.45) is 0 Å². The third-order valence-electron chi connectivity index (χ3n) is 2.99. The number of halogens is 2. The molecule has 0 aliphatic carbocycles. The van der Waals surface area contributed by atoms with E-state index < -0.39 is 15.7 Å². The first-order valence-corrected chi connectivity index (χ1v) is 8.25. The maximum atomic E-state index is 13.6. The molecule has 1 atom stereocenters. The van der Waals surface area contributed by atoms with Gasteiger partial charge in [-0.15, -0.1) is 0 Å². The maximum Gasteiger partial charge on any atom is 0.239 e. The van der Waals surface area contributed by atoms with Crippen molar-refractivity contribution in [1.82, 2.24) is 5.32 Å². The van der Waals surface area contributed by atoms with Crippen LogP contribution in [0.3, 0.4) is 0 Å². The molecule has 1 aliphatic heterocycles. The number of sulfone groups is 1. The summed E-state index contributed by atoms with van der Waals surface area (Å²) in [4.78, 5) is 11.7. The van der Waals surface area contributed by atoms with Gasteiger partial charge in [-0.3, -0.25) is 4.79 Å². The normalized spacial score (nSPS) is 20.6. The quantitative estimate of drug-likeness (QED) is 0.874. The van der Waals surface area contributed by atoms with Crippen LogP contribution in [-0.2, 0) is 14.6 Å². The number of carbonyl (C=O) groups excluding carboxylic acids is 1. The molecule has 8 heteroatoms. The molecule has 0 saturated carbocycles. The zero-order valence-corrected chi connectivity index (χ0v) is 12.1. The van der Waals surface area contributed by atoms with Crippen molar-refractivity contribution in [3.63, 3.8) is 0 Å². The van der Waals surface area contributed by atoms with Crippen LogP contribution < -0.4 is 10.6 Å². The van der Waals surface area contributed by atoms with Crippen molar-refractivity contribution >= 4 is 33.0 Å². The lowest BCUT2D eigenvalue weighted by molar-refractivity contribution is -0.119. The zero-order valence-electron chi connectivity index (χ0n) is 10.5. The van der Waals surface area contributed by atoms with Crippen LogP contribution in [0.25, 0.3) is 0 Å². The summed E-state index contributed by atoms with van der Waals surface area (Å²) in [5.74, 6) is -0.949. The SMILES string of the molecule is O=C(CNc1cccc(Cl)c1F)N[C@H]1CCS(=O)(=O)C1. The number of anilines is 1. The summed E-state index contributed by atoms with van der Waals surface area (Å²) in [5, 5.41) is 5.20. The van der Waals surface area contributed by atoms with Gasteiger partial charge in [-0.1, -0.05) is 17.7 Å². The number of carbonyl (C=O) groups is 1. The Labute approximate surface area is 121 Å². The van der Waals surface area contributed by atoms with Gasteiger partial charge in [0, 0.05) is 6.04 Å². The van der Waals surface area contributed by atoms with Gasteiger partial charge < -0.3 is 10.6 Å². The van der Waals surface area contributed by atoms with E-state index in [-0.39, 0.29) is 40.7 Å². The predicted molar refractivity (Wildman–Crippen MR) is 75.1 cm³/mol. The molecule has 20 heavy (non-hydrogen) atoms. The van der Waals surface area contributed by atoms with Gasteiger partial charge in [-0.25, -0.2) is 12.8 Å². The molecular formula is C12H14ClFN2O3S. The lowest BCUT2D eigenvalue weighted by Crippen LogP contribution is -2.39. The van der Waals surface area contributed by atoms with Crippen LogP contribution in [0.2, 0.25) is 5.02 Å². The Kier molecular flexibility index (Phi) is 4.49. The Morgan fingerprint density at radius 1 is 1.45 bits per heavy atom. The zero-order chi connectivity index (χ0) is 14.8. The average Bonchev–Trinajstić information content (AvgIpc) is 2.70. The van der Waals surface area contributed by atoms with Crippen molar-refractivity contribution in [1.29, 1.82) is 0 Å². The summed E-state index contributed by atoms with van der Waals surface area (Å²) < 4.78 is 36.1. The highest BCUT2D eigenvalue weighted by atomic mass is 35.5. The van der Waals surface area contributed by atoms with E-state index in [9.17, 15) is 17.6 Å². The van der Waals surface area contributed by atoms with E-state index in [0.717, 1.165) is 0 Å². The maximum absolute atomic E-state index is 13.6. The molecule has 1 aliphatic rings. The van der Waals surface area contributed by atoms with Gasteiger partial charge in [0.15, 0.2) is 15.7 Å². The highest BCUT2D eigenvalue weighted by Crippen LogP contribution is 2.21. The first-order valence-electron chi connectivity index (χ1n) is 6.05. The molecule has 1 aromatic rings. The monoisotopic (exact) mass is 320 g/mol. The number of rotatable bonds is 4. The second kappa shape index (κ2) is 5.97. The Morgan fingerprint density at radius 2 is 2.20 bits per heavy atom. The molecule has 1 fully saturated rings. The molecule has 0 aromatic heterocycles. The molecule has 2 rings (SSSR count). The molecule has 110 valence electrons.